The summed E-state index contributed by atoms with van der Waals surface area (Å²) >= 11 is 0. The highest BCUT2D eigenvalue weighted by Crippen LogP contribution is 2.14. The zero-order valence-corrected chi connectivity index (χ0v) is 17.7. The molecule has 32 heavy (non-hydrogen) atoms. The van der Waals surface area contributed by atoms with Crippen LogP contribution in [-0.2, 0) is 9.47 Å². The molecule has 10 nitrogen and oxygen atoms in total. The fourth-order valence-electron chi connectivity index (χ4n) is 2.39. The van der Waals surface area contributed by atoms with Crippen LogP contribution in [0.3, 0.4) is 0 Å². The van der Waals surface area contributed by atoms with E-state index in [9.17, 15) is 19.2 Å². The van der Waals surface area contributed by atoms with Gasteiger partial charge in [0, 0.05) is 24.2 Å². The van der Waals surface area contributed by atoms with Crippen LogP contribution in [0.1, 0.15) is 34.6 Å². The number of carbonyl (C=O) groups excluding carboxylic acids is 4. The van der Waals surface area contributed by atoms with Crippen molar-refractivity contribution in [3.63, 3.8) is 0 Å². The van der Waals surface area contributed by atoms with E-state index in [0.29, 0.717) is 11.1 Å². The summed E-state index contributed by atoms with van der Waals surface area (Å²) in [5.74, 6) is -0.179. The molecule has 0 saturated heterocycles. The molecule has 0 aliphatic rings. The molecular formula is C22H24N2O8. The maximum absolute atomic E-state index is 12.2. The summed E-state index contributed by atoms with van der Waals surface area (Å²) in [5.41, 5.74) is 0.731. The molecule has 2 aromatic carbocycles. The lowest BCUT2D eigenvalue weighted by Gasteiger charge is -2.09. The smallest absolute Gasteiger partial charge is 0.434 e. The van der Waals surface area contributed by atoms with E-state index in [2.05, 4.69) is 20.1 Å². The maximum atomic E-state index is 12.2. The Kier molecular flexibility index (Phi) is 9.51. The van der Waals surface area contributed by atoms with E-state index < -0.39 is 12.3 Å². The van der Waals surface area contributed by atoms with E-state index in [1.54, 1.807) is 13.8 Å². The van der Waals surface area contributed by atoms with Gasteiger partial charge in [0.15, 0.2) is 0 Å². The Labute approximate surface area is 184 Å². The molecule has 2 rings (SSSR count). The number of benzene rings is 2. The fraction of sp³-hybridized carbons (Fsp3) is 0.273. The number of carbonyl (C=O) groups is 4. The third kappa shape index (κ3) is 7.98. The van der Waals surface area contributed by atoms with Gasteiger partial charge in [0.25, 0.3) is 11.8 Å². The lowest BCUT2D eigenvalue weighted by atomic mass is 10.2. The average molecular weight is 444 g/mol. The van der Waals surface area contributed by atoms with E-state index >= 15 is 0 Å². The van der Waals surface area contributed by atoms with Gasteiger partial charge < -0.3 is 29.6 Å². The van der Waals surface area contributed by atoms with Crippen molar-refractivity contribution in [3.8, 4) is 11.5 Å². The minimum Gasteiger partial charge on any atom is -0.434 e. The summed E-state index contributed by atoms with van der Waals surface area (Å²) in [4.78, 5) is 46.8. The molecule has 0 spiro atoms. The largest absolute Gasteiger partial charge is 0.513 e. The summed E-state index contributed by atoms with van der Waals surface area (Å²) in [5, 5.41) is 5.34. The minimum atomic E-state index is -0.818. The van der Waals surface area contributed by atoms with Crippen LogP contribution in [0.4, 0.5) is 9.59 Å². The zero-order chi connectivity index (χ0) is 23.3. The number of hydrogen-bond donors (Lipinski definition) is 2. The second-order valence-corrected chi connectivity index (χ2v) is 6.13. The van der Waals surface area contributed by atoms with E-state index in [1.165, 1.54) is 48.5 Å². The van der Waals surface area contributed by atoms with Gasteiger partial charge in [0.05, 0.1) is 13.2 Å². The van der Waals surface area contributed by atoms with Gasteiger partial charge in [-0.05, 0) is 62.4 Å². The topological polar surface area (TPSA) is 129 Å². The second-order valence-electron chi connectivity index (χ2n) is 6.13. The Balaban J connectivity index is 1.73. The van der Waals surface area contributed by atoms with E-state index in [-0.39, 0.29) is 49.6 Å². The molecule has 0 aliphatic heterocycles. The zero-order valence-electron chi connectivity index (χ0n) is 17.7. The standard InChI is InChI=1S/C22H24N2O8/c1-3-29-21(27)31-17-9-5-15(6-10-17)19(25)23-13-14-24-20(26)16-7-11-18(12-8-16)32-22(28)30-4-2/h5-12H,3-4,13-14H2,1-2H3,(H,23,25)(H,24,26). The molecule has 0 unspecified atom stereocenters. The van der Waals surface area contributed by atoms with Crippen LogP contribution >= 0.6 is 0 Å². The average Bonchev–Trinajstić information content (AvgIpc) is 2.77. The molecule has 0 radical (unpaired) electrons. The molecule has 0 aromatic heterocycles. The summed E-state index contributed by atoms with van der Waals surface area (Å²) < 4.78 is 19.2. The van der Waals surface area contributed by atoms with E-state index in [1.807, 2.05) is 0 Å². The Bertz CT molecular complexity index is 848. The Morgan fingerprint density at radius 2 is 0.969 bits per heavy atom. The third-order valence-corrected chi connectivity index (χ3v) is 3.86. The predicted octanol–water partition coefficient (Wildman–Crippen LogP) is 2.92. The summed E-state index contributed by atoms with van der Waals surface area (Å²) in [6.07, 6.45) is -1.64. The van der Waals surface area contributed by atoms with Gasteiger partial charge >= 0.3 is 12.3 Å². The molecule has 0 bridgehead atoms. The van der Waals surface area contributed by atoms with Crippen molar-refractivity contribution < 1.29 is 38.1 Å². The van der Waals surface area contributed by atoms with Crippen LogP contribution in [0.15, 0.2) is 48.5 Å². The molecule has 0 fully saturated rings. The first-order chi connectivity index (χ1) is 15.4. The molecule has 170 valence electrons. The van der Waals surface area contributed by atoms with Gasteiger partial charge in [0.2, 0.25) is 0 Å². The molecule has 2 N–H and O–H groups in total. The molecule has 2 aromatic rings. The fourth-order valence-corrected chi connectivity index (χ4v) is 2.39. The summed E-state index contributed by atoms with van der Waals surface area (Å²) in [6.45, 7) is 4.13. The van der Waals surface area contributed by atoms with Crippen LogP contribution in [0.2, 0.25) is 0 Å². The van der Waals surface area contributed by atoms with Gasteiger partial charge in [-0.25, -0.2) is 9.59 Å². The monoisotopic (exact) mass is 444 g/mol. The normalized spacial score (nSPS) is 9.94. The first kappa shape index (κ1) is 24.2. The quantitative estimate of drug-likeness (QED) is 0.343. The van der Waals surface area contributed by atoms with Crippen LogP contribution < -0.4 is 20.1 Å². The second kappa shape index (κ2) is 12.6. The van der Waals surface area contributed by atoms with Gasteiger partial charge in [-0.2, -0.15) is 0 Å². The Morgan fingerprint density at radius 3 is 1.28 bits per heavy atom. The van der Waals surface area contributed by atoms with E-state index in [4.69, 9.17) is 9.47 Å². The van der Waals surface area contributed by atoms with Crippen molar-refractivity contribution in [1.29, 1.82) is 0 Å². The van der Waals surface area contributed by atoms with Crippen LogP contribution in [0.5, 0.6) is 11.5 Å². The van der Waals surface area contributed by atoms with Gasteiger partial charge in [0.1, 0.15) is 11.5 Å². The van der Waals surface area contributed by atoms with Crippen LogP contribution in [-0.4, -0.2) is 50.4 Å². The lowest BCUT2D eigenvalue weighted by Crippen LogP contribution is -2.34. The van der Waals surface area contributed by atoms with Crippen molar-refractivity contribution in [2.45, 2.75) is 13.8 Å². The Hall–Kier alpha value is -4.08. The summed E-state index contributed by atoms with van der Waals surface area (Å²) in [6, 6.07) is 11.9. The maximum Gasteiger partial charge on any atom is 0.513 e. The number of ether oxygens (including phenoxy) is 4. The highest BCUT2D eigenvalue weighted by molar-refractivity contribution is 5.95. The van der Waals surface area contributed by atoms with E-state index in [0.717, 1.165) is 0 Å². The van der Waals surface area contributed by atoms with Crippen molar-refractivity contribution in [2.75, 3.05) is 26.3 Å². The lowest BCUT2D eigenvalue weighted by molar-refractivity contribution is 0.0927. The van der Waals surface area contributed by atoms with Gasteiger partial charge in [-0.1, -0.05) is 0 Å². The number of nitrogens with one attached hydrogen (secondary N) is 2. The minimum absolute atomic E-state index is 0.199. The highest BCUT2D eigenvalue weighted by Gasteiger charge is 2.10. The third-order valence-electron chi connectivity index (χ3n) is 3.86. The van der Waals surface area contributed by atoms with Crippen molar-refractivity contribution in [1.82, 2.24) is 10.6 Å². The molecule has 0 atom stereocenters. The Morgan fingerprint density at radius 1 is 0.625 bits per heavy atom. The molecule has 0 heterocycles. The van der Waals surface area contributed by atoms with Crippen molar-refractivity contribution >= 4 is 24.1 Å². The van der Waals surface area contributed by atoms with Crippen LogP contribution in [0.25, 0.3) is 0 Å². The molecule has 10 heteroatoms. The first-order valence-electron chi connectivity index (χ1n) is 9.88. The summed E-state index contributed by atoms with van der Waals surface area (Å²) in [7, 11) is 0. The molecule has 0 saturated carbocycles. The highest BCUT2D eigenvalue weighted by atomic mass is 16.7. The molecular weight excluding hydrogens is 420 g/mol. The molecule has 2 amide bonds. The predicted molar refractivity (Wildman–Crippen MR) is 113 cm³/mol. The van der Waals surface area contributed by atoms with Gasteiger partial charge in [-0.3, -0.25) is 9.59 Å². The SMILES string of the molecule is CCOC(=O)Oc1ccc(C(=O)NCCNC(=O)c2ccc(OC(=O)OCC)cc2)cc1. The molecule has 0 aliphatic carbocycles. The first-order valence-corrected chi connectivity index (χ1v) is 9.88. The number of hydrogen-bond acceptors (Lipinski definition) is 8. The number of rotatable bonds is 9. The number of amides is 2. The van der Waals surface area contributed by atoms with Crippen molar-refractivity contribution in [2.24, 2.45) is 0 Å². The van der Waals surface area contributed by atoms with Crippen LogP contribution in [0, 0.1) is 0 Å². The van der Waals surface area contributed by atoms with Gasteiger partial charge in [-0.15, -0.1) is 0 Å². The van der Waals surface area contributed by atoms with Crippen molar-refractivity contribution in [3.05, 3.63) is 59.7 Å².